The summed E-state index contributed by atoms with van der Waals surface area (Å²) in [5.74, 6) is -3.27. The summed E-state index contributed by atoms with van der Waals surface area (Å²) in [6.07, 6.45) is 0. The van der Waals surface area contributed by atoms with E-state index in [0.717, 1.165) is 0 Å². The molecule has 0 radical (unpaired) electrons. The maximum Gasteiger partial charge on any atom is 0.336 e. The van der Waals surface area contributed by atoms with E-state index in [1.165, 1.54) is 30.0 Å². The Morgan fingerprint density at radius 1 is 1.12 bits per heavy atom. The number of benzene rings is 1. The largest absolute Gasteiger partial charge is 0.463 e. The van der Waals surface area contributed by atoms with Crippen molar-refractivity contribution < 1.29 is 37.0 Å². The Morgan fingerprint density at radius 3 is 2.03 bits per heavy atom. The zero-order valence-corrected chi connectivity index (χ0v) is 20.4. The molecule has 11 nitrogen and oxygen atoms in total. The van der Waals surface area contributed by atoms with E-state index in [1.54, 1.807) is 33.8 Å². The van der Waals surface area contributed by atoms with Crippen LogP contribution >= 0.6 is 0 Å². The Morgan fingerprint density at radius 2 is 1.62 bits per heavy atom. The van der Waals surface area contributed by atoms with Crippen molar-refractivity contribution in [1.82, 2.24) is 4.90 Å². The van der Waals surface area contributed by atoms with Gasteiger partial charge in [0.1, 0.15) is 0 Å². The molecule has 1 aromatic carbocycles. The van der Waals surface area contributed by atoms with Crippen LogP contribution in [0, 0.1) is 10.1 Å². The van der Waals surface area contributed by atoms with Crippen LogP contribution in [0.15, 0.2) is 46.8 Å². The standard InChI is InChI=1S/C22H28N2O9S/c1-6-32-21(25)18-14(4)23(13(3)12-34(29,30)31)15(5)19(22(26)33-7-2)20(18)16-9-8-10-17(11-16)24(27)28/h8-11,13,20H,6-7,12H2,1-5H3,(H,29,30,31). The van der Waals surface area contributed by atoms with E-state index in [1.807, 2.05) is 0 Å². The van der Waals surface area contributed by atoms with Crippen LogP contribution in [0.25, 0.3) is 0 Å². The third-order valence-corrected chi connectivity index (χ3v) is 6.28. The van der Waals surface area contributed by atoms with E-state index in [2.05, 4.69) is 0 Å². The summed E-state index contributed by atoms with van der Waals surface area (Å²) >= 11 is 0. The van der Waals surface area contributed by atoms with Gasteiger partial charge < -0.3 is 14.4 Å². The summed E-state index contributed by atoms with van der Waals surface area (Å²) in [4.78, 5) is 38.5. The Kier molecular flexibility index (Phi) is 8.56. The fourth-order valence-electron chi connectivity index (χ4n) is 4.21. The van der Waals surface area contributed by atoms with E-state index in [0.29, 0.717) is 5.56 Å². The topological polar surface area (TPSA) is 153 Å². The molecule has 0 aromatic heterocycles. The van der Waals surface area contributed by atoms with Crippen LogP contribution in [0.1, 0.15) is 46.1 Å². The molecule has 0 spiro atoms. The number of nitrogens with zero attached hydrogens (tertiary/aromatic N) is 2. The lowest BCUT2D eigenvalue weighted by molar-refractivity contribution is -0.384. The quantitative estimate of drug-likeness (QED) is 0.234. The first-order chi connectivity index (χ1) is 15.8. The minimum Gasteiger partial charge on any atom is -0.463 e. The van der Waals surface area contributed by atoms with E-state index >= 15 is 0 Å². The number of hydrogen-bond donors (Lipinski definition) is 1. The van der Waals surface area contributed by atoms with Crippen molar-refractivity contribution in [3.8, 4) is 0 Å². The van der Waals surface area contributed by atoms with Crippen LogP contribution in [0.2, 0.25) is 0 Å². The minimum atomic E-state index is -4.39. The number of non-ortho nitro benzene ring substituents is 1. The van der Waals surface area contributed by atoms with Crippen LogP contribution in [0.4, 0.5) is 5.69 Å². The molecule has 2 rings (SSSR count). The molecule has 34 heavy (non-hydrogen) atoms. The molecule has 0 aliphatic carbocycles. The number of allylic oxidation sites excluding steroid dienone is 2. The zero-order chi connectivity index (χ0) is 25.8. The van der Waals surface area contributed by atoms with Gasteiger partial charge in [-0.3, -0.25) is 14.7 Å². The highest BCUT2D eigenvalue weighted by atomic mass is 32.2. The van der Waals surface area contributed by atoms with Gasteiger partial charge in [0, 0.05) is 29.6 Å². The SMILES string of the molecule is CCOC(=O)C1=C(C)N(C(C)CS(=O)(=O)O)C(C)=C(C(=O)OCC)C1c1cccc([N+](=O)[O-])c1. The second kappa shape index (κ2) is 10.8. The molecule has 1 aromatic rings. The molecule has 1 unspecified atom stereocenters. The molecule has 0 bridgehead atoms. The summed E-state index contributed by atoms with van der Waals surface area (Å²) in [6, 6.07) is 4.68. The van der Waals surface area contributed by atoms with Crippen molar-refractivity contribution >= 4 is 27.7 Å². The predicted octanol–water partition coefficient (Wildman–Crippen LogP) is 2.94. The van der Waals surface area contributed by atoms with Crippen molar-refractivity contribution in [1.29, 1.82) is 0 Å². The van der Waals surface area contributed by atoms with E-state index in [4.69, 9.17) is 9.47 Å². The molecule has 1 aliphatic rings. The highest BCUT2D eigenvalue weighted by Crippen LogP contribution is 2.44. The molecule has 12 heteroatoms. The van der Waals surface area contributed by atoms with Gasteiger partial charge in [-0.1, -0.05) is 12.1 Å². The summed E-state index contributed by atoms with van der Waals surface area (Å²) in [6.45, 7) is 7.88. The van der Waals surface area contributed by atoms with Crippen molar-refractivity contribution in [2.75, 3.05) is 19.0 Å². The number of esters is 2. The van der Waals surface area contributed by atoms with Crippen molar-refractivity contribution in [2.45, 2.75) is 46.6 Å². The van der Waals surface area contributed by atoms with Gasteiger partial charge in [-0.2, -0.15) is 8.42 Å². The number of rotatable bonds is 9. The maximum atomic E-state index is 13.1. The first-order valence-electron chi connectivity index (χ1n) is 10.6. The highest BCUT2D eigenvalue weighted by molar-refractivity contribution is 7.85. The van der Waals surface area contributed by atoms with Gasteiger partial charge >= 0.3 is 11.9 Å². The summed E-state index contributed by atoms with van der Waals surface area (Å²) < 4.78 is 43.0. The third-order valence-electron chi connectivity index (χ3n) is 5.38. The molecular weight excluding hydrogens is 468 g/mol. The number of carbonyl (C=O) groups excluding carboxylic acids is 2. The fraction of sp³-hybridized carbons (Fsp3) is 0.455. The summed E-state index contributed by atoms with van der Waals surface area (Å²) in [7, 11) is -4.39. The van der Waals surface area contributed by atoms with E-state index in [9.17, 15) is 32.7 Å². The summed E-state index contributed by atoms with van der Waals surface area (Å²) in [5, 5.41) is 11.4. The lowest BCUT2D eigenvalue weighted by Crippen LogP contribution is -2.42. The van der Waals surface area contributed by atoms with E-state index < -0.39 is 44.7 Å². The first kappa shape index (κ1) is 27.0. The average molecular weight is 497 g/mol. The molecule has 186 valence electrons. The second-order valence-corrected chi connectivity index (χ2v) is 9.19. The fourth-order valence-corrected chi connectivity index (χ4v) is 4.97. The minimum absolute atomic E-state index is 0.0122. The van der Waals surface area contributed by atoms with Gasteiger partial charge in [0.25, 0.3) is 15.8 Å². The molecule has 1 heterocycles. The van der Waals surface area contributed by atoms with Crippen LogP contribution in [-0.4, -0.2) is 59.7 Å². The number of ether oxygens (including phenoxy) is 2. The third kappa shape index (κ3) is 5.81. The molecule has 0 saturated carbocycles. The maximum absolute atomic E-state index is 13.1. The van der Waals surface area contributed by atoms with Gasteiger partial charge in [0.15, 0.2) is 0 Å². The number of hydrogen-bond acceptors (Lipinski definition) is 9. The van der Waals surface area contributed by atoms with Gasteiger partial charge in [-0.05, 0) is 40.2 Å². The van der Waals surface area contributed by atoms with Gasteiger partial charge in [-0.25, -0.2) is 9.59 Å². The highest BCUT2D eigenvalue weighted by Gasteiger charge is 2.42. The molecule has 1 aliphatic heterocycles. The zero-order valence-electron chi connectivity index (χ0n) is 19.6. The Bertz CT molecular complexity index is 1110. The van der Waals surface area contributed by atoms with Gasteiger partial charge in [0.05, 0.1) is 41.0 Å². The lowest BCUT2D eigenvalue weighted by Gasteiger charge is -2.40. The monoisotopic (exact) mass is 496 g/mol. The van der Waals surface area contributed by atoms with Crippen LogP contribution in [0.5, 0.6) is 0 Å². The molecule has 1 N–H and O–H groups in total. The smallest absolute Gasteiger partial charge is 0.336 e. The van der Waals surface area contributed by atoms with Crippen molar-refractivity contribution in [3.05, 3.63) is 62.5 Å². The first-order valence-corrected chi connectivity index (χ1v) is 12.2. The Hall–Kier alpha value is -3.25. The van der Waals surface area contributed by atoms with Crippen LogP contribution < -0.4 is 0 Å². The average Bonchev–Trinajstić information content (AvgIpc) is 2.72. The Labute approximate surface area is 197 Å². The van der Waals surface area contributed by atoms with Crippen LogP contribution in [-0.2, 0) is 29.2 Å². The molecule has 0 saturated heterocycles. The Balaban J connectivity index is 2.88. The second-order valence-electron chi connectivity index (χ2n) is 7.69. The lowest BCUT2D eigenvalue weighted by atomic mass is 9.79. The molecular formula is C22H28N2O9S. The predicted molar refractivity (Wildman–Crippen MR) is 122 cm³/mol. The van der Waals surface area contributed by atoms with Crippen LogP contribution in [0.3, 0.4) is 0 Å². The number of carbonyl (C=O) groups is 2. The van der Waals surface area contributed by atoms with Gasteiger partial charge in [0.2, 0.25) is 0 Å². The summed E-state index contributed by atoms with van der Waals surface area (Å²) in [5.41, 5.74) is 0.659. The molecule has 1 atom stereocenters. The normalized spacial score (nSPS) is 15.9. The number of nitro benzene ring substituents is 1. The van der Waals surface area contributed by atoms with Crippen molar-refractivity contribution in [3.63, 3.8) is 0 Å². The van der Waals surface area contributed by atoms with Crippen molar-refractivity contribution in [2.24, 2.45) is 0 Å². The molecule has 0 fully saturated rings. The van der Waals surface area contributed by atoms with E-state index in [-0.39, 0.29) is 41.4 Å². The molecule has 0 amide bonds. The number of nitro groups is 1. The van der Waals surface area contributed by atoms with Gasteiger partial charge in [-0.15, -0.1) is 0 Å².